The molecule has 4 N–H and O–H groups in total. The molecule has 5 unspecified atom stereocenters. The molecule has 0 heterocycles. The molecule has 5 atom stereocenters. The molecule has 0 rings (SSSR count). The highest BCUT2D eigenvalue weighted by Crippen LogP contribution is 2.45. The number of ether oxygens (including phenoxy) is 3. The minimum atomic E-state index is -4.93. The number of aliphatic hydroxyl groups excluding tert-OH is 2. The molecule has 0 saturated carbocycles. The molecule has 0 bridgehead atoms. The van der Waals surface area contributed by atoms with Crippen molar-refractivity contribution in [2.24, 2.45) is 0 Å². The average Bonchev–Trinajstić information content (AvgIpc) is 0.912. The van der Waals surface area contributed by atoms with E-state index in [1.165, 1.54) is 122 Å². The van der Waals surface area contributed by atoms with Gasteiger partial charge in [-0.05, 0) is 116 Å². The van der Waals surface area contributed by atoms with Gasteiger partial charge in [0.05, 0.1) is 26.4 Å². The van der Waals surface area contributed by atoms with Crippen molar-refractivity contribution < 1.29 is 75.8 Å². The molecule has 0 saturated heterocycles. The van der Waals surface area contributed by atoms with Crippen molar-refractivity contribution in [2.45, 2.75) is 360 Å². The number of phosphoric acid groups is 2. The van der Waals surface area contributed by atoms with Crippen LogP contribution in [-0.4, -0.2) is 95.9 Å². The monoisotopic (exact) mass is 1510 g/mol. The first kappa shape index (κ1) is 101. The number of hydrogen-bond donors (Lipinski definition) is 4. The minimum Gasteiger partial charge on any atom is -0.463 e. The zero-order valence-electron chi connectivity index (χ0n) is 66.1. The van der Waals surface area contributed by atoms with E-state index in [4.69, 9.17) is 32.3 Å². The van der Waals surface area contributed by atoms with Gasteiger partial charge in [-0.3, -0.25) is 32.5 Å². The Hall–Kier alpha value is -4.31. The summed E-state index contributed by atoms with van der Waals surface area (Å²) in [5.41, 5.74) is 0. The molecule has 0 fully saturated rings. The topological polar surface area (TPSA) is 231 Å². The van der Waals surface area contributed by atoms with Gasteiger partial charge in [0.25, 0.3) is 0 Å². The standard InChI is InChI=1S/C87H150O16P2/c1-4-7-10-13-16-19-22-25-27-29-31-33-35-37-39-40-42-44-45-47-49-51-53-56-58-61-64-67-70-73-85(90)97-76-82(88)77-99-104(93,94)100-78-83(89)79-101-105(95,96)102-81-84(103-87(92)75-72-69-66-63-60-55-24-21-18-15-12-9-6-3)80-98-86(91)74-71-68-65-62-59-57-54-52-50-48-46-43-41-38-36-34-32-30-28-26-23-20-17-14-11-8-5-2/h7-8,10-11,16-17,19-20,25-28,31-34,37-39,41-42,44,82-84,88-89H,4-6,9,12-15,18,21-24,29-30,35-36,40,43,45-81H2,1-3H3,(H,93,94)(H,95,96)/b10-7-,11-8-,19-16-,20-17-,27-25-,28-26-,33-31-,34-32-,39-37-,41-38-,44-42-. The van der Waals surface area contributed by atoms with Gasteiger partial charge in [-0.2, -0.15) is 0 Å². The van der Waals surface area contributed by atoms with Gasteiger partial charge in [-0.15, -0.1) is 0 Å². The van der Waals surface area contributed by atoms with E-state index in [1.54, 1.807) is 0 Å². The van der Waals surface area contributed by atoms with Crippen molar-refractivity contribution in [1.29, 1.82) is 0 Å². The number of phosphoric ester groups is 2. The second-order valence-corrected chi connectivity index (χ2v) is 30.4. The molecular weight excluding hydrogens is 1360 g/mol. The third kappa shape index (κ3) is 80.5. The Labute approximate surface area is 639 Å². The minimum absolute atomic E-state index is 0.106. The molecule has 0 aliphatic rings. The van der Waals surface area contributed by atoms with Crippen LogP contribution in [0.1, 0.15) is 342 Å². The third-order valence-corrected chi connectivity index (χ3v) is 19.3. The highest BCUT2D eigenvalue weighted by atomic mass is 31.2. The molecule has 0 aliphatic carbocycles. The summed E-state index contributed by atoms with van der Waals surface area (Å²) in [5.74, 6) is -1.57. The van der Waals surface area contributed by atoms with Crippen molar-refractivity contribution in [3.63, 3.8) is 0 Å². The summed E-state index contributed by atoms with van der Waals surface area (Å²) >= 11 is 0. The molecule has 18 heteroatoms. The Morgan fingerprint density at radius 1 is 0.276 bits per heavy atom. The summed E-state index contributed by atoms with van der Waals surface area (Å²) in [6.07, 6.45) is 96.4. The van der Waals surface area contributed by atoms with Gasteiger partial charge in [0, 0.05) is 19.3 Å². The fourth-order valence-corrected chi connectivity index (χ4v) is 12.7. The van der Waals surface area contributed by atoms with Crippen LogP contribution in [0.15, 0.2) is 134 Å². The number of esters is 3. The number of unbranched alkanes of at least 4 members (excludes halogenated alkanes) is 33. The molecular formula is C87H150O16P2. The lowest BCUT2D eigenvalue weighted by Gasteiger charge is -2.21. The highest BCUT2D eigenvalue weighted by Gasteiger charge is 2.29. The smallest absolute Gasteiger partial charge is 0.463 e. The lowest BCUT2D eigenvalue weighted by molar-refractivity contribution is -0.161. The molecule has 0 aromatic rings. The van der Waals surface area contributed by atoms with Crippen molar-refractivity contribution >= 4 is 33.6 Å². The Morgan fingerprint density at radius 2 is 0.505 bits per heavy atom. The van der Waals surface area contributed by atoms with Gasteiger partial charge in [-0.25, -0.2) is 9.13 Å². The fourth-order valence-electron chi connectivity index (χ4n) is 11.1. The molecule has 0 aromatic heterocycles. The Bertz CT molecular complexity index is 2440. The number of carbonyl (C=O) groups excluding carboxylic acids is 3. The van der Waals surface area contributed by atoms with Crippen molar-refractivity contribution in [2.75, 3.05) is 39.6 Å². The Balaban J connectivity index is 4.49. The number of allylic oxidation sites excluding steroid dienone is 22. The van der Waals surface area contributed by atoms with E-state index in [1.807, 2.05) is 0 Å². The molecule has 0 aliphatic heterocycles. The summed E-state index contributed by atoms with van der Waals surface area (Å²) in [5, 5.41) is 20.7. The van der Waals surface area contributed by atoms with Gasteiger partial charge >= 0.3 is 33.6 Å². The summed E-state index contributed by atoms with van der Waals surface area (Å²) < 4.78 is 61.2. The predicted octanol–water partition coefficient (Wildman–Crippen LogP) is 24.7. The SMILES string of the molecule is CC/C=C\C/C=C\C/C=C\C/C=C\C/C=C\C/C=C\CCCCCCCCCCCCC(=O)OCC(O)COP(=O)(O)OCC(O)COP(=O)(O)OCC(COC(=O)CCCCCCCCCCCCC/C=C\C/C=C\C/C=C\C/C=C\C/C=C\CC)OC(=O)CCCCCCCCCCCCCCC. The maximum Gasteiger partial charge on any atom is 0.472 e. The fraction of sp³-hybridized carbons (Fsp3) is 0.713. The van der Waals surface area contributed by atoms with Crippen LogP contribution in [0.25, 0.3) is 0 Å². The van der Waals surface area contributed by atoms with E-state index >= 15 is 0 Å². The molecule has 0 amide bonds. The molecule has 0 aromatic carbocycles. The first-order valence-electron chi connectivity index (χ1n) is 41.5. The van der Waals surface area contributed by atoms with Crippen molar-refractivity contribution in [1.82, 2.24) is 0 Å². The zero-order chi connectivity index (χ0) is 76.6. The summed E-state index contributed by atoms with van der Waals surface area (Å²) in [6.45, 7) is 2.48. The largest absolute Gasteiger partial charge is 0.472 e. The lowest BCUT2D eigenvalue weighted by Crippen LogP contribution is -2.30. The maximum absolute atomic E-state index is 13.0. The van der Waals surface area contributed by atoms with Gasteiger partial charge in [-0.1, -0.05) is 341 Å². The second-order valence-electron chi connectivity index (χ2n) is 27.5. The average molecular weight is 1510 g/mol. The van der Waals surface area contributed by atoms with Crippen LogP contribution in [0.3, 0.4) is 0 Å². The normalized spacial score (nSPS) is 14.6. The van der Waals surface area contributed by atoms with Crippen molar-refractivity contribution in [3.05, 3.63) is 134 Å². The quantitative estimate of drug-likeness (QED) is 0.0146. The van der Waals surface area contributed by atoms with Gasteiger partial charge < -0.3 is 34.2 Å². The van der Waals surface area contributed by atoms with Crippen LogP contribution in [0.5, 0.6) is 0 Å². The van der Waals surface area contributed by atoms with E-state index in [-0.39, 0.29) is 19.3 Å². The van der Waals surface area contributed by atoms with E-state index in [0.29, 0.717) is 19.3 Å². The number of hydrogen-bond acceptors (Lipinski definition) is 14. The highest BCUT2D eigenvalue weighted by molar-refractivity contribution is 7.47. The number of carbonyl (C=O) groups is 3. The van der Waals surface area contributed by atoms with E-state index < -0.39 is 91.5 Å². The van der Waals surface area contributed by atoms with Gasteiger partial charge in [0.2, 0.25) is 0 Å². The van der Waals surface area contributed by atoms with Crippen LogP contribution in [0.4, 0.5) is 0 Å². The zero-order valence-corrected chi connectivity index (χ0v) is 67.9. The van der Waals surface area contributed by atoms with E-state index in [0.717, 1.165) is 161 Å². The molecule has 604 valence electrons. The van der Waals surface area contributed by atoms with Crippen LogP contribution in [0.2, 0.25) is 0 Å². The number of aliphatic hydroxyl groups is 2. The molecule has 105 heavy (non-hydrogen) atoms. The predicted molar refractivity (Wildman–Crippen MR) is 436 cm³/mol. The maximum atomic E-state index is 13.0. The van der Waals surface area contributed by atoms with Crippen LogP contribution in [-0.2, 0) is 55.8 Å². The molecule has 0 spiro atoms. The Kier molecular flexibility index (Phi) is 76.0. The van der Waals surface area contributed by atoms with Gasteiger partial charge in [0.1, 0.15) is 25.4 Å². The van der Waals surface area contributed by atoms with Crippen LogP contribution < -0.4 is 0 Å². The van der Waals surface area contributed by atoms with Crippen molar-refractivity contribution in [3.8, 4) is 0 Å². The first-order valence-corrected chi connectivity index (χ1v) is 44.5. The lowest BCUT2D eigenvalue weighted by atomic mass is 10.0. The second kappa shape index (κ2) is 79.2. The van der Waals surface area contributed by atoms with E-state index in [9.17, 15) is 43.5 Å². The summed E-state index contributed by atoms with van der Waals surface area (Å²) in [4.78, 5) is 58.7. The van der Waals surface area contributed by atoms with Crippen LogP contribution in [0, 0.1) is 0 Å². The van der Waals surface area contributed by atoms with E-state index in [2.05, 4.69) is 154 Å². The summed E-state index contributed by atoms with van der Waals surface area (Å²) in [7, 11) is -9.79. The number of rotatable bonds is 78. The molecule has 16 nitrogen and oxygen atoms in total. The Morgan fingerprint density at radius 3 is 0.800 bits per heavy atom. The van der Waals surface area contributed by atoms with Crippen LogP contribution >= 0.6 is 15.6 Å². The first-order chi connectivity index (χ1) is 51.2. The summed E-state index contributed by atoms with van der Waals surface area (Å²) in [6, 6.07) is 0. The van der Waals surface area contributed by atoms with Gasteiger partial charge in [0.15, 0.2) is 6.10 Å². The third-order valence-electron chi connectivity index (χ3n) is 17.4. The molecule has 0 radical (unpaired) electrons.